The van der Waals surface area contributed by atoms with Crippen molar-refractivity contribution in [3.05, 3.63) is 75.6 Å². The highest BCUT2D eigenvalue weighted by Crippen LogP contribution is 2.50. The molecule has 3 aromatic heterocycles. The Morgan fingerprint density at radius 3 is 2.83 bits per heavy atom. The van der Waals surface area contributed by atoms with Crippen LogP contribution in [-0.2, 0) is 19.4 Å². The van der Waals surface area contributed by atoms with Crippen molar-refractivity contribution < 1.29 is 4.79 Å². The van der Waals surface area contributed by atoms with E-state index in [1.807, 2.05) is 21.0 Å². The zero-order chi connectivity index (χ0) is 23.6. The van der Waals surface area contributed by atoms with Gasteiger partial charge >= 0.3 is 0 Å². The van der Waals surface area contributed by atoms with Gasteiger partial charge in [0, 0.05) is 55.6 Å². The Kier molecular flexibility index (Phi) is 4.72. The van der Waals surface area contributed by atoms with Gasteiger partial charge in [-0.25, -0.2) is 15.0 Å². The Bertz CT molecular complexity index is 1430. The van der Waals surface area contributed by atoms with E-state index in [-0.39, 0.29) is 17.4 Å². The number of nitrogens with zero attached hydrogens (tertiary/aromatic N) is 6. The van der Waals surface area contributed by atoms with E-state index in [1.165, 1.54) is 16.0 Å². The molecule has 2 N–H and O–H groups in total. The first-order valence-corrected chi connectivity index (χ1v) is 13.1. The molecule has 1 spiro atoms. The van der Waals surface area contributed by atoms with Crippen molar-refractivity contribution in [2.45, 2.75) is 38.3 Å². The fraction of sp³-hybridized carbons (Fsp3) is 0.385. The molecule has 0 radical (unpaired) electrons. The minimum absolute atomic E-state index is 0.0217. The summed E-state index contributed by atoms with van der Waals surface area (Å²) < 4.78 is 1.97. The molecule has 8 nitrogen and oxygen atoms in total. The van der Waals surface area contributed by atoms with Crippen LogP contribution in [0.5, 0.6) is 0 Å². The third kappa shape index (κ3) is 3.21. The summed E-state index contributed by atoms with van der Waals surface area (Å²) in [5, 5.41) is 0. The van der Waals surface area contributed by atoms with Crippen molar-refractivity contribution in [2.75, 3.05) is 24.5 Å². The van der Waals surface area contributed by atoms with E-state index >= 15 is 0 Å². The maximum Gasteiger partial charge on any atom is 0.259 e. The molecule has 178 valence electrons. The van der Waals surface area contributed by atoms with Crippen LogP contribution in [0.15, 0.2) is 48.4 Å². The first-order chi connectivity index (χ1) is 17.1. The largest absolute Gasteiger partial charge is 0.342 e. The number of rotatable bonds is 2. The summed E-state index contributed by atoms with van der Waals surface area (Å²) in [7, 11) is 0. The number of piperidine rings is 1. The van der Waals surface area contributed by atoms with Gasteiger partial charge in [0.25, 0.3) is 5.91 Å². The topological polar surface area (TPSA) is 92.6 Å². The number of carbonyl (C=O) groups excluding carboxylic acids is 1. The SMILES string of the molecule is N[C@@H]1c2ccccc2CC12CCN(c1ncc(C(=O)N3CCc4ncsc4C3)c3nccn13)CC2. The number of hydrogen-bond donors (Lipinski definition) is 1. The van der Waals surface area contributed by atoms with E-state index in [4.69, 9.17) is 10.7 Å². The van der Waals surface area contributed by atoms with Gasteiger partial charge in [-0.15, -0.1) is 11.3 Å². The van der Waals surface area contributed by atoms with Crippen LogP contribution >= 0.6 is 11.3 Å². The van der Waals surface area contributed by atoms with E-state index < -0.39 is 0 Å². The summed E-state index contributed by atoms with van der Waals surface area (Å²) in [4.78, 5) is 32.6. The van der Waals surface area contributed by atoms with E-state index in [1.54, 1.807) is 23.7 Å². The summed E-state index contributed by atoms with van der Waals surface area (Å²) in [6.45, 7) is 3.04. The number of hydrogen-bond acceptors (Lipinski definition) is 7. The van der Waals surface area contributed by atoms with Crippen molar-refractivity contribution >= 4 is 28.8 Å². The highest BCUT2D eigenvalue weighted by Gasteiger charge is 2.46. The fourth-order valence-electron chi connectivity index (χ4n) is 6.21. The summed E-state index contributed by atoms with van der Waals surface area (Å²) in [5.74, 6) is 0.822. The van der Waals surface area contributed by atoms with Crippen LogP contribution in [0.2, 0.25) is 0 Å². The molecular formula is C26H27N7OS. The number of aromatic nitrogens is 4. The molecule has 3 aliphatic rings. The van der Waals surface area contributed by atoms with Gasteiger partial charge in [-0.3, -0.25) is 9.20 Å². The number of imidazole rings is 1. The predicted octanol–water partition coefficient (Wildman–Crippen LogP) is 3.23. The van der Waals surface area contributed by atoms with Crippen LogP contribution in [0.1, 0.15) is 50.9 Å². The lowest BCUT2D eigenvalue weighted by Gasteiger charge is -2.42. The molecule has 1 amide bonds. The lowest BCUT2D eigenvalue weighted by molar-refractivity contribution is 0.0737. The van der Waals surface area contributed by atoms with Crippen LogP contribution in [0.3, 0.4) is 0 Å². The van der Waals surface area contributed by atoms with Crippen molar-refractivity contribution in [2.24, 2.45) is 11.1 Å². The van der Waals surface area contributed by atoms with Gasteiger partial charge in [0.15, 0.2) is 5.65 Å². The first kappa shape index (κ1) is 21.0. The average molecular weight is 486 g/mol. The standard InChI is InChI=1S/C26H27N7OS/c27-22-18-4-2-1-3-17(18)13-26(22)6-10-31(11-7-26)25-29-14-19(23-28-8-12-33(23)25)24(34)32-9-5-20-21(15-32)35-16-30-20/h1-4,8,12,14,16,22H,5-7,9-11,13,15,27H2/t22-/m1/s1. The molecule has 1 fully saturated rings. The van der Waals surface area contributed by atoms with Gasteiger partial charge in [-0.2, -0.15) is 0 Å². The molecule has 1 atom stereocenters. The van der Waals surface area contributed by atoms with Gasteiger partial charge in [-0.05, 0) is 35.8 Å². The smallest absolute Gasteiger partial charge is 0.259 e. The van der Waals surface area contributed by atoms with Crippen molar-refractivity contribution in [3.63, 3.8) is 0 Å². The summed E-state index contributed by atoms with van der Waals surface area (Å²) in [6, 6.07) is 8.70. The Hall–Kier alpha value is -3.30. The third-order valence-electron chi connectivity index (χ3n) is 8.24. The first-order valence-electron chi connectivity index (χ1n) is 12.2. The molecule has 2 aliphatic heterocycles. The van der Waals surface area contributed by atoms with Gasteiger partial charge in [-0.1, -0.05) is 24.3 Å². The minimum atomic E-state index is -0.0217. The fourth-order valence-corrected chi connectivity index (χ4v) is 7.04. The molecular weight excluding hydrogens is 458 g/mol. The van der Waals surface area contributed by atoms with Crippen molar-refractivity contribution in [3.8, 4) is 0 Å². The molecule has 0 bridgehead atoms. The zero-order valence-electron chi connectivity index (χ0n) is 19.4. The number of amides is 1. The summed E-state index contributed by atoms with van der Waals surface area (Å²) >= 11 is 1.62. The van der Waals surface area contributed by atoms with Gasteiger partial charge < -0.3 is 15.5 Å². The molecule has 5 heterocycles. The number of nitrogens with two attached hydrogens (primary N) is 1. The number of benzene rings is 1. The van der Waals surface area contributed by atoms with Crippen LogP contribution in [0.25, 0.3) is 5.65 Å². The quantitative estimate of drug-likeness (QED) is 0.469. The lowest BCUT2D eigenvalue weighted by atomic mass is 9.73. The van der Waals surface area contributed by atoms with Crippen molar-refractivity contribution in [1.82, 2.24) is 24.3 Å². The summed E-state index contributed by atoms with van der Waals surface area (Å²) in [5.41, 5.74) is 13.8. The molecule has 7 rings (SSSR count). The highest BCUT2D eigenvalue weighted by molar-refractivity contribution is 7.09. The van der Waals surface area contributed by atoms with Gasteiger partial charge in [0.2, 0.25) is 5.95 Å². The normalized spacial score (nSPS) is 20.9. The number of anilines is 1. The van der Waals surface area contributed by atoms with Crippen molar-refractivity contribution in [1.29, 1.82) is 0 Å². The maximum atomic E-state index is 13.4. The number of carbonyl (C=O) groups is 1. The lowest BCUT2D eigenvalue weighted by Crippen LogP contribution is -2.45. The summed E-state index contributed by atoms with van der Waals surface area (Å²) in [6.07, 6.45) is 9.26. The molecule has 0 saturated carbocycles. The molecule has 1 aromatic carbocycles. The van der Waals surface area contributed by atoms with Crippen LogP contribution in [-0.4, -0.2) is 49.8 Å². The molecule has 35 heavy (non-hydrogen) atoms. The Morgan fingerprint density at radius 1 is 1.11 bits per heavy atom. The van der Waals surface area contributed by atoms with Gasteiger partial charge in [0.1, 0.15) is 5.56 Å². The van der Waals surface area contributed by atoms with Crippen LogP contribution in [0.4, 0.5) is 5.95 Å². The molecule has 9 heteroatoms. The Morgan fingerprint density at radius 2 is 1.97 bits per heavy atom. The van der Waals surface area contributed by atoms with E-state index in [0.717, 1.165) is 50.4 Å². The molecule has 1 saturated heterocycles. The monoisotopic (exact) mass is 485 g/mol. The second-order valence-corrected chi connectivity index (χ2v) is 10.9. The van der Waals surface area contributed by atoms with E-state index in [0.29, 0.717) is 24.3 Å². The molecule has 4 aromatic rings. The second kappa shape index (κ2) is 7.86. The minimum Gasteiger partial charge on any atom is -0.342 e. The second-order valence-electron chi connectivity index (χ2n) is 9.99. The Balaban J connectivity index is 1.13. The van der Waals surface area contributed by atoms with Crippen LogP contribution in [0, 0.1) is 5.41 Å². The highest BCUT2D eigenvalue weighted by atomic mass is 32.1. The van der Waals surface area contributed by atoms with E-state index in [9.17, 15) is 4.79 Å². The maximum absolute atomic E-state index is 13.4. The van der Waals surface area contributed by atoms with Gasteiger partial charge in [0.05, 0.1) is 17.7 Å². The van der Waals surface area contributed by atoms with Crippen LogP contribution < -0.4 is 10.6 Å². The average Bonchev–Trinajstić information content (AvgIpc) is 3.62. The van der Waals surface area contributed by atoms with E-state index in [2.05, 4.69) is 39.1 Å². The Labute approximate surface area is 207 Å². The zero-order valence-corrected chi connectivity index (χ0v) is 20.2. The number of thiazole rings is 1. The third-order valence-corrected chi connectivity index (χ3v) is 9.10. The number of fused-ring (bicyclic) bond motifs is 3. The molecule has 0 unspecified atom stereocenters. The predicted molar refractivity (Wildman–Crippen MR) is 134 cm³/mol. The molecule has 1 aliphatic carbocycles.